The molecule has 2 N–H and O–H groups in total. The van der Waals surface area contributed by atoms with Gasteiger partial charge in [0.15, 0.2) is 0 Å². The van der Waals surface area contributed by atoms with E-state index in [1.807, 2.05) is 0 Å². The van der Waals surface area contributed by atoms with Crippen molar-refractivity contribution >= 4 is 27.3 Å². The Bertz CT molecular complexity index is 508. The fourth-order valence-corrected chi connectivity index (χ4v) is 2.95. The van der Waals surface area contributed by atoms with Crippen LogP contribution in [0, 0.1) is 6.92 Å². The molecule has 4 heteroatoms. The lowest BCUT2D eigenvalue weighted by Gasteiger charge is -2.02. The van der Waals surface area contributed by atoms with Crippen LogP contribution in [0.3, 0.4) is 0 Å². The zero-order valence-electron chi connectivity index (χ0n) is 9.74. The molecule has 0 amide bonds. The van der Waals surface area contributed by atoms with E-state index in [-0.39, 0.29) is 0 Å². The van der Waals surface area contributed by atoms with Gasteiger partial charge in [-0.2, -0.15) is 0 Å². The average molecular weight is 311 g/mol. The van der Waals surface area contributed by atoms with Crippen LogP contribution >= 0.6 is 27.3 Å². The fraction of sp³-hybridized carbons (Fsp3) is 0.308. The molecule has 0 aliphatic rings. The Balaban J connectivity index is 2.27. The number of aromatic nitrogens is 1. The minimum atomic E-state index is 0.725. The highest BCUT2D eigenvalue weighted by Gasteiger charge is 2.07. The summed E-state index contributed by atoms with van der Waals surface area (Å²) in [5, 5.41) is 3.22. The van der Waals surface area contributed by atoms with Gasteiger partial charge in [0.25, 0.3) is 0 Å². The van der Waals surface area contributed by atoms with Gasteiger partial charge < -0.3 is 5.73 Å². The van der Waals surface area contributed by atoms with Crippen molar-refractivity contribution in [2.24, 2.45) is 5.73 Å². The average Bonchev–Trinajstić information content (AvgIpc) is 2.78. The van der Waals surface area contributed by atoms with Crippen LogP contribution in [0.2, 0.25) is 0 Å². The SMILES string of the molecule is Cc1ccc(Br)cc1-c1nc(CCCN)cs1. The summed E-state index contributed by atoms with van der Waals surface area (Å²) in [6.07, 6.45) is 1.97. The van der Waals surface area contributed by atoms with Crippen LogP contribution < -0.4 is 5.73 Å². The summed E-state index contributed by atoms with van der Waals surface area (Å²) in [7, 11) is 0. The summed E-state index contributed by atoms with van der Waals surface area (Å²) >= 11 is 5.21. The molecule has 1 aromatic carbocycles. The van der Waals surface area contributed by atoms with E-state index in [0.717, 1.165) is 34.6 Å². The lowest BCUT2D eigenvalue weighted by Crippen LogP contribution is -2.00. The van der Waals surface area contributed by atoms with Crippen molar-refractivity contribution < 1.29 is 0 Å². The minimum absolute atomic E-state index is 0.725. The Labute approximate surface area is 114 Å². The van der Waals surface area contributed by atoms with Crippen LogP contribution in [-0.2, 0) is 6.42 Å². The van der Waals surface area contributed by atoms with Gasteiger partial charge in [-0.25, -0.2) is 4.98 Å². The molecule has 0 saturated heterocycles. The van der Waals surface area contributed by atoms with Gasteiger partial charge in [0, 0.05) is 15.4 Å². The normalized spacial score (nSPS) is 10.8. The molecule has 0 unspecified atom stereocenters. The zero-order valence-corrected chi connectivity index (χ0v) is 12.1. The highest BCUT2D eigenvalue weighted by molar-refractivity contribution is 9.10. The second-order valence-electron chi connectivity index (χ2n) is 4.00. The zero-order chi connectivity index (χ0) is 12.3. The third kappa shape index (κ3) is 3.15. The first-order chi connectivity index (χ1) is 8.20. The summed E-state index contributed by atoms with van der Waals surface area (Å²) in [6.45, 7) is 2.84. The summed E-state index contributed by atoms with van der Waals surface area (Å²) in [5.74, 6) is 0. The Morgan fingerprint density at radius 1 is 1.41 bits per heavy atom. The Morgan fingerprint density at radius 3 is 3.00 bits per heavy atom. The molecule has 2 rings (SSSR count). The predicted octanol–water partition coefficient (Wildman–Crippen LogP) is 3.77. The van der Waals surface area contributed by atoms with E-state index in [1.165, 1.54) is 11.1 Å². The number of hydrogen-bond acceptors (Lipinski definition) is 3. The summed E-state index contributed by atoms with van der Waals surface area (Å²) in [6, 6.07) is 6.29. The monoisotopic (exact) mass is 310 g/mol. The lowest BCUT2D eigenvalue weighted by atomic mass is 10.1. The minimum Gasteiger partial charge on any atom is -0.330 e. The maximum atomic E-state index is 5.51. The van der Waals surface area contributed by atoms with Gasteiger partial charge in [-0.3, -0.25) is 0 Å². The number of rotatable bonds is 4. The molecule has 90 valence electrons. The Morgan fingerprint density at radius 2 is 2.24 bits per heavy atom. The van der Waals surface area contributed by atoms with Gasteiger partial charge in [0.1, 0.15) is 5.01 Å². The van der Waals surface area contributed by atoms with Gasteiger partial charge in [-0.15, -0.1) is 11.3 Å². The molecule has 1 aromatic heterocycles. The van der Waals surface area contributed by atoms with E-state index in [0.29, 0.717) is 0 Å². The van der Waals surface area contributed by atoms with Gasteiger partial charge in [0.05, 0.1) is 5.69 Å². The topological polar surface area (TPSA) is 38.9 Å². The van der Waals surface area contributed by atoms with Crippen molar-refractivity contribution in [2.75, 3.05) is 6.54 Å². The first kappa shape index (κ1) is 12.7. The summed E-state index contributed by atoms with van der Waals surface area (Å²) < 4.78 is 1.09. The number of hydrogen-bond donors (Lipinski definition) is 1. The van der Waals surface area contributed by atoms with E-state index in [1.54, 1.807) is 11.3 Å². The molecule has 0 aliphatic heterocycles. The third-order valence-corrected chi connectivity index (χ3v) is 4.04. The quantitative estimate of drug-likeness (QED) is 0.933. The molecule has 1 heterocycles. The fourth-order valence-electron chi connectivity index (χ4n) is 1.65. The highest BCUT2D eigenvalue weighted by Crippen LogP contribution is 2.29. The number of halogens is 1. The molecule has 0 fully saturated rings. The number of thiazole rings is 1. The number of aryl methyl sites for hydroxylation is 2. The van der Waals surface area contributed by atoms with E-state index < -0.39 is 0 Å². The molecule has 0 radical (unpaired) electrons. The predicted molar refractivity (Wildman–Crippen MR) is 77.4 cm³/mol. The smallest absolute Gasteiger partial charge is 0.123 e. The van der Waals surface area contributed by atoms with E-state index in [2.05, 4.69) is 51.4 Å². The van der Waals surface area contributed by atoms with Gasteiger partial charge in [0.2, 0.25) is 0 Å². The molecular formula is C13H15BrN2S. The lowest BCUT2D eigenvalue weighted by molar-refractivity contribution is 0.816. The third-order valence-electron chi connectivity index (χ3n) is 2.62. The maximum absolute atomic E-state index is 5.51. The molecular weight excluding hydrogens is 296 g/mol. The van der Waals surface area contributed by atoms with Gasteiger partial charge >= 0.3 is 0 Å². The first-order valence-electron chi connectivity index (χ1n) is 5.61. The molecule has 0 atom stereocenters. The van der Waals surface area contributed by atoms with Crippen molar-refractivity contribution in [2.45, 2.75) is 19.8 Å². The first-order valence-corrected chi connectivity index (χ1v) is 7.29. The van der Waals surface area contributed by atoms with Crippen LogP contribution in [0.15, 0.2) is 28.1 Å². The summed E-state index contributed by atoms with van der Waals surface area (Å²) in [5.41, 5.74) is 9.12. The molecule has 0 bridgehead atoms. The van der Waals surface area contributed by atoms with Crippen molar-refractivity contribution in [3.8, 4) is 10.6 Å². The number of benzene rings is 1. The molecule has 0 saturated carbocycles. The second kappa shape index (κ2) is 5.76. The second-order valence-corrected chi connectivity index (χ2v) is 5.77. The molecule has 2 aromatic rings. The highest BCUT2D eigenvalue weighted by atomic mass is 79.9. The van der Waals surface area contributed by atoms with Gasteiger partial charge in [-0.1, -0.05) is 22.0 Å². The molecule has 2 nitrogen and oxygen atoms in total. The summed E-state index contributed by atoms with van der Waals surface area (Å²) in [4.78, 5) is 4.66. The maximum Gasteiger partial charge on any atom is 0.123 e. The Kier molecular flexibility index (Phi) is 4.31. The van der Waals surface area contributed by atoms with E-state index >= 15 is 0 Å². The van der Waals surface area contributed by atoms with Crippen molar-refractivity contribution in [3.63, 3.8) is 0 Å². The standard InChI is InChI=1S/C13H15BrN2S/c1-9-4-5-10(14)7-12(9)13-16-11(8-17-13)3-2-6-15/h4-5,7-8H,2-3,6,15H2,1H3. The van der Waals surface area contributed by atoms with Crippen LogP contribution in [0.5, 0.6) is 0 Å². The van der Waals surface area contributed by atoms with Crippen LogP contribution in [0.25, 0.3) is 10.6 Å². The molecule has 17 heavy (non-hydrogen) atoms. The van der Waals surface area contributed by atoms with E-state index in [4.69, 9.17) is 5.73 Å². The van der Waals surface area contributed by atoms with Crippen molar-refractivity contribution in [1.29, 1.82) is 0 Å². The van der Waals surface area contributed by atoms with E-state index in [9.17, 15) is 0 Å². The Hall–Kier alpha value is -0.710. The largest absolute Gasteiger partial charge is 0.330 e. The number of nitrogens with two attached hydrogens (primary N) is 1. The van der Waals surface area contributed by atoms with Crippen LogP contribution in [0.1, 0.15) is 17.7 Å². The van der Waals surface area contributed by atoms with Crippen LogP contribution in [-0.4, -0.2) is 11.5 Å². The van der Waals surface area contributed by atoms with Crippen molar-refractivity contribution in [3.05, 3.63) is 39.3 Å². The molecule has 0 aliphatic carbocycles. The van der Waals surface area contributed by atoms with Crippen LogP contribution in [0.4, 0.5) is 0 Å². The number of nitrogens with zero attached hydrogens (tertiary/aromatic N) is 1. The molecule has 0 spiro atoms. The van der Waals surface area contributed by atoms with Gasteiger partial charge in [-0.05, 0) is 44.0 Å². The van der Waals surface area contributed by atoms with Crippen molar-refractivity contribution in [1.82, 2.24) is 4.98 Å².